The molecule has 0 unspecified atom stereocenters. The van der Waals surface area contributed by atoms with Crippen molar-refractivity contribution in [3.05, 3.63) is 83.1 Å². The second kappa shape index (κ2) is 10.3. The number of amides is 2. The van der Waals surface area contributed by atoms with E-state index in [-0.39, 0.29) is 24.6 Å². The van der Waals surface area contributed by atoms with Crippen LogP contribution in [-0.4, -0.2) is 41.4 Å². The summed E-state index contributed by atoms with van der Waals surface area (Å²) >= 11 is 0. The molecule has 0 bridgehead atoms. The van der Waals surface area contributed by atoms with Crippen molar-refractivity contribution in [2.24, 2.45) is 0 Å². The largest absolute Gasteiger partial charge is 0.459 e. The molecule has 0 saturated heterocycles. The first-order valence-electron chi connectivity index (χ1n) is 9.92. The van der Waals surface area contributed by atoms with E-state index in [1.165, 1.54) is 17.0 Å². The third-order valence-electron chi connectivity index (χ3n) is 4.70. The van der Waals surface area contributed by atoms with E-state index in [9.17, 15) is 19.2 Å². The number of nitrogens with zero attached hydrogens (tertiary/aromatic N) is 1. The standard InChI is InChI=1S/C23H23N3O6/c1-15-13-18(16(2)26(15)25-22(29)17-7-4-3-5-8-17)19(27)14-32-21(28)10-11-24-23(30)20-9-6-12-31-20/h3-9,12-13H,10-11,14H2,1-2H3,(H,24,30)(H,25,29). The van der Waals surface area contributed by atoms with Crippen molar-refractivity contribution in [3.8, 4) is 0 Å². The number of Topliss-reactive ketones (excluding diaryl/α,β-unsaturated/α-hetero) is 1. The van der Waals surface area contributed by atoms with Crippen LogP contribution in [0, 0.1) is 13.8 Å². The van der Waals surface area contributed by atoms with Crippen molar-refractivity contribution in [1.82, 2.24) is 9.99 Å². The Labute approximate surface area is 184 Å². The fraction of sp³-hybridized carbons (Fsp3) is 0.217. The molecule has 2 N–H and O–H groups in total. The summed E-state index contributed by atoms with van der Waals surface area (Å²) < 4.78 is 11.5. The van der Waals surface area contributed by atoms with Gasteiger partial charge in [-0.15, -0.1) is 0 Å². The Bertz CT molecular complexity index is 1120. The quantitative estimate of drug-likeness (QED) is 0.392. The molecule has 0 aliphatic heterocycles. The maximum absolute atomic E-state index is 12.5. The lowest BCUT2D eigenvalue weighted by Crippen LogP contribution is -2.27. The van der Waals surface area contributed by atoms with Gasteiger partial charge in [0.1, 0.15) is 0 Å². The van der Waals surface area contributed by atoms with Crippen molar-refractivity contribution in [2.45, 2.75) is 20.3 Å². The summed E-state index contributed by atoms with van der Waals surface area (Å²) in [5.74, 6) is -1.63. The van der Waals surface area contributed by atoms with Gasteiger partial charge >= 0.3 is 5.97 Å². The average Bonchev–Trinajstić information content (AvgIpc) is 3.42. The average molecular weight is 437 g/mol. The van der Waals surface area contributed by atoms with Gasteiger partial charge in [-0.25, -0.2) is 0 Å². The minimum atomic E-state index is -0.621. The summed E-state index contributed by atoms with van der Waals surface area (Å²) in [7, 11) is 0. The maximum Gasteiger partial charge on any atom is 0.308 e. The normalized spacial score (nSPS) is 10.4. The number of hydrogen-bond donors (Lipinski definition) is 2. The van der Waals surface area contributed by atoms with E-state index in [0.717, 1.165) is 0 Å². The summed E-state index contributed by atoms with van der Waals surface area (Å²) in [6.07, 6.45) is 1.28. The van der Waals surface area contributed by atoms with E-state index in [1.807, 2.05) is 6.07 Å². The zero-order valence-corrected chi connectivity index (χ0v) is 17.7. The Morgan fingerprint density at radius 1 is 1.00 bits per heavy atom. The van der Waals surface area contributed by atoms with Gasteiger partial charge < -0.3 is 14.5 Å². The highest BCUT2D eigenvalue weighted by molar-refractivity contribution is 6.01. The molecule has 166 valence electrons. The van der Waals surface area contributed by atoms with E-state index in [1.54, 1.807) is 50.2 Å². The number of carbonyl (C=O) groups excluding carboxylic acids is 4. The number of carbonyl (C=O) groups is 4. The molecule has 0 aliphatic carbocycles. The van der Waals surface area contributed by atoms with Crippen LogP contribution in [0.15, 0.2) is 59.2 Å². The van der Waals surface area contributed by atoms with Gasteiger partial charge in [-0.3, -0.25) is 29.3 Å². The number of aromatic nitrogens is 1. The van der Waals surface area contributed by atoms with Gasteiger partial charge in [0.05, 0.1) is 12.7 Å². The first kappa shape index (κ1) is 22.5. The molecule has 2 aromatic heterocycles. The van der Waals surface area contributed by atoms with Crippen molar-refractivity contribution in [1.29, 1.82) is 0 Å². The van der Waals surface area contributed by atoms with Gasteiger partial charge in [0.2, 0.25) is 5.78 Å². The summed E-state index contributed by atoms with van der Waals surface area (Å²) in [5.41, 5.74) is 4.77. The SMILES string of the molecule is Cc1cc(C(=O)COC(=O)CCNC(=O)c2ccco2)c(C)n1NC(=O)c1ccccc1. The minimum absolute atomic E-state index is 0.0482. The molecular formula is C23H23N3O6. The van der Waals surface area contributed by atoms with Crippen molar-refractivity contribution < 1.29 is 28.3 Å². The molecule has 2 heterocycles. The number of aryl methyl sites for hydroxylation is 1. The molecule has 0 saturated carbocycles. The van der Waals surface area contributed by atoms with Crippen molar-refractivity contribution in [3.63, 3.8) is 0 Å². The number of hydrogen-bond acceptors (Lipinski definition) is 6. The third kappa shape index (κ3) is 5.51. The van der Waals surface area contributed by atoms with Crippen LogP contribution in [0.25, 0.3) is 0 Å². The first-order chi connectivity index (χ1) is 15.4. The smallest absolute Gasteiger partial charge is 0.308 e. The second-order valence-electron chi connectivity index (χ2n) is 6.99. The summed E-state index contributed by atoms with van der Waals surface area (Å²) in [4.78, 5) is 48.6. The molecule has 32 heavy (non-hydrogen) atoms. The number of esters is 1. The van der Waals surface area contributed by atoms with Crippen LogP contribution in [0.5, 0.6) is 0 Å². The summed E-state index contributed by atoms with van der Waals surface area (Å²) in [6, 6.07) is 13.4. The topological polar surface area (TPSA) is 120 Å². The van der Waals surface area contributed by atoms with Gasteiger partial charge in [0.15, 0.2) is 12.4 Å². The Hall–Kier alpha value is -4.14. The van der Waals surface area contributed by atoms with Crippen LogP contribution in [-0.2, 0) is 9.53 Å². The van der Waals surface area contributed by atoms with Gasteiger partial charge in [0, 0.05) is 29.1 Å². The molecule has 3 aromatic rings. The number of rotatable bonds is 9. The highest BCUT2D eigenvalue weighted by Gasteiger charge is 2.19. The lowest BCUT2D eigenvalue weighted by Gasteiger charge is -2.11. The van der Waals surface area contributed by atoms with Crippen LogP contribution in [0.1, 0.15) is 49.1 Å². The molecule has 0 radical (unpaired) electrons. The van der Waals surface area contributed by atoms with Crippen LogP contribution in [0.3, 0.4) is 0 Å². The number of ketones is 1. The van der Waals surface area contributed by atoms with E-state index in [2.05, 4.69) is 10.7 Å². The minimum Gasteiger partial charge on any atom is -0.459 e. The fourth-order valence-corrected chi connectivity index (χ4v) is 3.04. The molecule has 0 fully saturated rings. The zero-order valence-electron chi connectivity index (χ0n) is 17.7. The molecule has 1 aromatic carbocycles. The molecule has 0 aliphatic rings. The Kier molecular flexibility index (Phi) is 7.22. The predicted molar refractivity (Wildman–Crippen MR) is 115 cm³/mol. The van der Waals surface area contributed by atoms with E-state index >= 15 is 0 Å². The molecule has 3 rings (SSSR count). The van der Waals surface area contributed by atoms with E-state index in [0.29, 0.717) is 22.5 Å². The van der Waals surface area contributed by atoms with Crippen LogP contribution < -0.4 is 10.7 Å². The van der Waals surface area contributed by atoms with Gasteiger partial charge in [-0.05, 0) is 44.2 Å². The second-order valence-corrected chi connectivity index (χ2v) is 6.99. The Morgan fingerprint density at radius 3 is 2.44 bits per heavy atom. The highest BCUT2D eigenvalue weighted by Crippen LogP contribution is 2.15. The van der Waals surface area contributed by atoms with Crippen LogP contribution >= 0.6 is 0 Å². The maximum atomic E-state index is 12.5. The fourth-order valence-electron chi connectivity index (χ4n) is 3.04. The van der Waals surface area contributed by atoms with Crippen LogP contribution in [0.4, 0.5) is 0 Å². The lowest BCUT2D eigenvalue weighted by molar-refractivity contribution is -0.142. The molecule has 0 atom stereocenters. The zero-order chi connectivity index (χ0) is 23.1. The number of ether oxygens (including phenoxy) is 1. The summed E-state index contributed by atoms with van der Waals surface area (Å²) in [5, 5.41) is 2.52. The Morgan fingerprint density at radius 2 is 1.75 bits per heavy atom. The van der Waals surface area contributed by atoms with Crippen LogP contribution in [0.2, 0.25) is 0 Å². The van der Waals surface area contributed by atoms with Gasteiger partial charge in [-0.2, -0.15) is 0 Å². The molecule has 9 nitrogen and oxygen atoms in total. The first-order valence-corrected chi connectivity index (χ1v) is 9.92. The molecule has 0 spiro atoms. The number of furan rings is 1. The predicted octanol–water partition coefficient (Wildman–Crippen LogP) is 2.63. The van der Waals surface area contributed by atoms with Gasteiger partial charge in [0.25, 0.3) is 11.8 Å². The summed E-state index contributed by atoms with van der Waals surface area (Å²) in [6.45, 7) is 3.05. The number of nitrogens with one attached hydrogen (secondary N) is 2. The number of benzene rings is 1. The molecular weight excluding hydrogens is 414 g/mol. The van der Waals surface area contributed by atoms with Crippen molar-refractivity contribution >= 4 is 23.6 Å². The monoisotopic (exact) mass is 437 g/mol. The molecule has 2 amide bonds. The van der Waals surface area contributed by atoms with Crippen molar-refractivity contribution in [2.75, 3.05) is 18.6 Å². The van der Waals surface area contributed by atoms with Gasteiger partial charge in [-0.1, -0.05) is 18.2 Å². The van der Waals surface area contributed by atoms with E-state index in [4.69, 9.17) is 9.15 Å². The highest BCUT2D eigenvalue weighted by atomic mass is 16.5. The lowest BCUT2D eigenvalue weighted by atomic mass is 10.1. The Balaban J connectivity index is 1.50. The molecule has 9 heteroatoms. The third-order valence-corrected chi connectivity index (χ3v) is 4.70. The van der Waals surface area contributed by atoms with E-state index < -0.39 is 24.3 Å².